The summed E-state index contributed by atoms with van der Waals surface area (Å²) in [5, 5.41) is 2.94. The molecule has 0 spiro atoms. The van der Waals surface area contributed by atoms with Gasteiger partial charge in [0.1, 0.15) is 0 Å². The summed E-state index contributed by atoms with van der Waals surface area (Å²) in [6, 6.07) is 10.8. The van der Waals surface area contributed by atoms with Crippen LogP contribution < -0.4 is 5.73 Å². The fraction of sp³-hybridized carbons (Fsp3) is 0.333. The van der Waals surface area contributed by atoms with Crippen molar-refractivity contribution in [1.29, 1.82) is 0 Å². The van der Waals surface area contributed by atoms with E-state index in [1.807, 2.05) is 29.5 Å². The smallest absolute Gasteiger partial charge is 0.0452 e. The number of nitrogen functional groups attached to an aromatic ring is 1. The van der Waals surface area contributed by atoms with Crippen molar-refractivity contribution in [3.63, 3.8) is 0 Å². The van der Waals surface area contributed by atoms with E-state index in [0.29, 0.717) is 6.04 Å². The van der Waals surface area contributed by atoms with Crippen LogP contribution in [0, 0.1) is 0 Å². The topological polar surface area (TPSA) is 29.3 Å². The molecule has 19 heavy (non-hydrogen) atoms. The van der Waals surface area contributed by atoms with Crippen LogP contribution in [0.15, 0.2) is 35.7 Å². The molecular weight excluding hydrogens is 276 g/mol. The molecule has 0 atom stereocenters. The second-order valence-corrected chi connectivity index (χ2v) is 6.51. The lowest BCUT2D eigenvalue weighted by atomic mass is 10.2. The maximum atomic E-state index is 6.27. The zero-order valence-corrected chi connectivity index (χ0v) is 12.3. The number of halogens is 1. The summed E-state index contributed by atoms with van der Waals surface area (Å²) in [4.78, 5) is 3.92. The molecule has 2 nitrogen and oxygen atoms in total. The van der Waals surface area contributed by atoms with E-state index in [1.165, 1.54) is 17.7 Å². The van der Waals surface area contributed by atoms with E-state index >= 15 is 0 Å². The number of nitrogens with zero attached hydrogens (tertiary/aromatic N) is 1. The van der Waals surface area contributed by atoms with E-state index in [4.69, 9.17) is 17.3 Å². The van der Waals surface area contributed by atoms with Gasteiger partial charge in [-0.15, -0.1) is 11.3 Å². The number of thiophene rings is 1. The van der Waals surface area contributed by atoms with Crippen molar-refractivity contribution in [2.45, 2.75) is 32.0 Å². The molecule has 4 heteroatoms. The molecule has 0 amide bonds. The lowest BCUT2D eigenvalue weighted by Gasteiger charge is -2.22. The number of nitrogens with two attached hydrogens (primary N) is 1. The molecule has 0 unspecified atom stereocenters. The van der Waals surface area contributed by atoms with Crippen molar-refractivity contribution in [3.8, 4) is 0 Å². The van der Waals surface area contributed by atoms with Crippen LogP contribution in [-0.2, 0) is 13.1 Å². The average Bonchev–Trinajstić information content (AvgIpc) is 3.12. The van der Waals surface area contributed by atoms with Crippen LogP contribution in [0.25, 0.3) is 0 Å². The zero-order valence-electron chi connectivity index (χ0n) is 10.7. The Morgan fingerprint density at radius 1 is 1.26 bits per heavy atom. The van der Waals surface area contributed by atoms with Gasteiger partial charge < -0.3 is 5.73 Å². The highest BCUT2D eigenvalue weighted by Gasteiger charge is 2.29. The summed E-state index contributed by atoms with van der Waals surface area (Å²) in [6.07, 6.45) is 2.59. The first kappa shape index (κ1) is 13.0. The van der Waals surface area contributed by atoms with Crippen LogP contribution in [0.4, 0.5) is 5.69 Å². The van der Waals surface area contributed by atoms with Crippen molar-refractivity contribution < 1.29 is 0 Å². The summed E-state index contributed by atoms with van der Waals surface area (Å²) in [5.74, 6) is 0. The van der Waals surface area contributed by atoms with Gasteiger partial charge in [0.15, 0.2) is 0 Å². The molecule has 1 saturated carbocycles. The van der Waals surface area contributed by atoms with Crippen LogP contribution in [-0.4, -0.2) is 10.9 Å². The van der Waals surface area contributed by atoms with Crippen LogP contribution in [0.5, 0.6) is 0 Å². The fourth-order valence-electron chi connectivity index (χ4n) is 2.29. The SMILES string of the molecule is Nc1ccc(Cl)c(CN(Cc2cccs2)C2CC2)c1. The maximum Gasteiger partial charge on any atom is 0.0452 e. The Kier molecular flexibility index (Phi) is 3.78. The van der Waals surface area contributed by atoms with Gasteiger partial charge in [0.2, 0.25) is 0 Å². The second kappa shape index (κ2) is 5.53. The highest BCUT2D eigenvalue weighted by molar-refractivity contribution is 7.09. The normalized spacial score (nSPS) is 15.1. The van der Waals surface area contributed by atoms with E-state index < -0.39 is 0 Å². The molecule has 0 bridgehead atoms. The molecule has 0 aliphatic heterocycles. The lowest BCUT2D eigenvalue weighted by molar-refractivity contribution is 0.248. The molecule has 1 fully saturated rings. The standard InChI is InChI=1S/C15H17ClN2S/c16-15-6-3-12(17)8-11(15)9-18(13-4-5-13)10-14-2-1-7-19-14/h1-3,6-8,13H,4-5,9-10,17H2. The minimum absolute atomic E-state index is 0.708. The Balaban J connectivity index is 1.76. The Bertz CT molecular complexity index is 549. The Hall–Kier alpha value is -1.03. The molecule has 100 valence electrons. The van der Waals surface area contributed by atoms with Gasteiger partial charge >= 0.3 is 0 Å². The van der Waals surface area contributed by atoms with E-state index in [-0.39, 0.29) is 0 Å². The second-order valence-electron chi connectivity index (χ2n) is 5.07. The summed E-state index contributed by atoms with van der Waals surface area (Å²) in [7, 11) is 0. The third-order valence-electron chi connectivity index (χ3n) is 3.45. The van der Waals surface area contributed by atoms with Gasteiger partial charge in [-0.1, -0.05) is 17.7 Å². The van der Waals surface area contributed by atoms with E-state index in [9.17, 15) is 0 Å². The predicted octanol–water partition coefficient (Wildman–Crippen LogP) is 4.15. The molecule has 0 radical (unpaired) electrons. The molecule has 1 aromatic carbocycles. The lowest BCUT2D eigenvalue weighted by Crippen LogP contribution is -2.24. The summed E-state index contributed by atoms with van der Waals surface area (Å²) < 4.78 is 0. The van der Waals surface area contributed by atoms with Gasteiger partial charge in [0, 0.05) is 34.7 Å². The molecule has 1 heterocycles. The number of anilines is 1. The summed E-state index contributed by atoms with van der Waals surface area (Å²) >= 11 is 8.08. The monoisotopic (exact) mass is 292 g/mol. The Morgan fingerprint density at radius 2 is 2.11 bits per heavy atom. The first-order valence-corrected chi connectivity index (χ1v) is 7.78. The fourth-order valence-corrected chi connectivity index (χ4v) is 3.20. The van der Waals surface area contributed by atoms with E-state index in [1.54, 1.807) is 0 Å². The predicted molar refractivity (Wildman–Crippen MR) is 82.5 cm³/mol. The van der Waals surface area contributed by atoms with Crippen molar-refractivity contribution in [2.24, 2.45) is 0 Å². The maximum absolute atomic E-state index is 6.27. The summed E-state index contributed by atoms with van der Waals surface area (Å²) in [6.45, 7) is 1.89. The number of benzene rings is 1. The van der Waals surface area contributed by atoms with Crippen molar-refractivity contribution >= 4 is 28.6 Å². The molecule has 1 aliphatic rings. The molecule has 2 aromatic rings. The van der Waals surface area contributed by atoms with Gasteiger partial charge in [-0.05, 0) is 48.1 Å². The molecular formula is C15H17ClN2S. The van der Waals surface area contributed by atoms with Crippen LogP contribution in [0.1, 0.15) is 23.3 Å². The molecule has 3 rings (SSSR count). The quantitative estimate of drug-likeness (QED) is 0.839. The van der Waals surface area contributed by atoms with Crippen molar-refractivity contribution in [2.75, 3.05) is 5.73 Å². The van der Waals surface area contributed by atoms with Gasteiger partial charge in [-0.2, -0.15) is 0 Å². The molecule has 2 N–H and O–H groups in total. The third kappa shape index (κ3) is 3.30. The van der Waals surface area contributed by atoms with Crippen LogP contribution >= 0.6 is 22.9 Å². The Labute approximate surface area is 122 Å². The zero-order chi connectivity index (χ0) is 13.2. The van der Waals surface area contributed by atoms with Crippen LogP contribution in [0.2, 0.25) is 5.02 Å². The van der Waals surface area contributed by atoms with Crippen molar-refractivity contribution in [1.82, 2.24) is 4.90 Å². The number of hydrogen-bond acceptors (Lipinski definition) is 3. The van der Waals surface area contributed by atoms with Gasteiger partial charge in [-0.25, -0.2) is 0 Å². The average molecular weight is 293 g/mol. The number of rotatable bonds is 5. The number of hydrogen-bond donors (Lipinski definition) is 1. The first-order chi connectivity index (χ1) is 9.22. The van der Waals surface area contributed by atoms with Gasteiger partial charge in [0.25, 0.3) is 0 Å². The van der Waals surface area contributed by atoms with E-state index in [2.05, 4.69) is 22.4 Å². The minimum Gasteiger partial charge on any atom is -0.399 e. The largest absolute Gasteiger partial charge is 0.399 e. The molecule has 1 aromatic heterocycles. The summed E-state index contributed by atoms with van der Waals surface area (Å²) in [5.41, 5.74) is 7.77. The highest BCUT2D eigenvalue weighted by atomic mass is 35.5. The Morgan fingerprint density at radius 3 is 2.79 bits per heavy atom. The van der Waals surface area contributed by atoms with E-state index in [0.717, 1.165) is 29.4 Å². The minimum atomic E-state index is 0.708. The van der Waals surface area contributed by atoms with Crippen molar-refractivity contribution in [3.05, 3.63) is 51.2 Å². The molecule has 0 saturated heterocycles. The van der Waals surface area contributed by atoms with Gasteiger partial charge in [-0.3, -0.25) is 4.90 Å². The third-order valence-corrected chi connectivity index (χ3v) is 4.68. The first-order valence-electron chi connectivity index (χ1n) is 6.53. The highest BCUT2D eigenvalue weighted by Crippen LogP contribution is 2.32. The van der Waals surface area contributed by atoms with Gasteiger partial charge in [0.05, 0.1) is 0 Å². The molecule has 1 aliphatic carbocycles. The van der Waals surface area contributed by atoms with Crippen LogP contribution in [0.3, 0.4) is 0 Å².